The zero-order valence-electron chi connectivity index (χ0n) is 16.9. The fourth-order valence-electron chi connectivity index (χ4n) is 2.88. The van der Waals surface area contributed by atoms with Crippen LogP contribution in [-0.2, 0) is 27.1 Å². The van der Waals surface area contributed by atoms with Crippen molar-refractivity contribution in [3.05, 3.63) is 29.3 Å². The van der Waals surface area contributed by atoms with E-state index in [9.17, 15) is 39.6 Å². The van der Waals surface area contributed by atoms with E-state index < -0.39 is 56.1 Å². The lowest BCUT2D eigenvalue weighted by molar-refractivity contribution is -0.143. The van der Waals surface area contributed by atoms with Gasteiger partial charge in [-0.05, 0) is 51.8 Å². The lowest BCUT2D eigenvalue weighted by atomic mass is 10.1. The van der Waals surface area contributed by atoms with E-state index >= 15 is 0 Å². The van der Waals surface area contributed by atoms with Crippen LogP contribution < -0.4 is 4.72 Å². The molecule has 0 unspecified atom stereocenters. The summed E-state index contributed by atoms with van der Waals surface area (Å²) < 4.78 is 110. The minimum Gasteiger partial charge on any atom is -0.444 e. The zero-order valence-corrected chi connectivity index (χ0v) is 17.7. The molecule has 6 nitrogen and oxygen atoms in total. The van der Waals surface area contributed by atoms with Gasteiger partial charge in [0, 0.05) is 19.1 Å². The predicted octanol–water partition coefficient (Wildman–Crippen LogP) is 4.40. The Kier molecular flexibility index (Phi) is 6.91. The number of carbonyl (C=O) groups excluding carboxylic acids is 1. The van der Waals surface area contributed by atoms with Gasteiger partial charge in [0.15, 0.2) is 0 Å². The molecule has 0 aromatic heterocycles. The summed E-state index contributed by atoms with van der Waals surface area (Å²) in [4.78, 5) is 12.3. The first kappa shape index (κ1) is 25.2. The molecule has 1 heterocycles. The maximum atomic E-state index is 13.0. The Morgan fingerprint density at radius 2 is 1.42 bits per heavy atom. The van der Waals surface area contributed by atoms with Crippen LogP contribution in [0.3, 0.4) is 0 Å². The van der Waals surface area contributed by atoms with Gasteiger partial charge in [0.05, 0.1) is 16.0 Å². The maximum Gasteiger partial charge on any atom is 0.416 e. The summed E-state index contributed by atoms with van der Waals surface area (Å²) in [5.41, 5.74) is -4.17. The topological polar surface area (TPSA) is 75.7 Å². The average Bonchev–Trinajstić information content (AvgIpc) is 2.58. The van der Waals surface area contributed by atoms with Gasteiger partial charge in [-0.3, -0.25) is 0 Å². The second-order valence-electron chi connectivity index (χ2n) is 8.10. The van der Waals surface area contributed by atoms with Crippen molar-refractivity contribution in [2.24, 2.45) is 0 Å². The Morgan fingerprint density at radius 1 is 0.968 bits per heavy atom. The molecule has 0 radical (unpaired) electrons. The Hall–Kier alpha value is -2.02. The summed E-state index contributed by atoms with van der Waals surface area (Å²) in [5.74, 6) is 0. The van der Waals surface area contributed by atoms with E-state index in [2.05, 4.69) is 4.72 Å². The quantitative estimate of drug-likeness (QED) is 0.657. The Morgan fingerprint density at radius 3 is 1.81 bits per heavy atom. The van der Waals surface area contributed by atoms with Gasteiger partial charge < -0.3 is 9.64 Å². The average molecular weight is 476 g/mol. The van der Waals surface area contributed by atoms with Crippen LogP contribution in [0, 0.1) is 0 Å². The number of nitrogens with one attached hydrogen (secondary N) is 1. The smallest absolute Gasteiger partial charge is 0.416 e. The van der Waals surface area contributed by atoms with Crippen LogP contribution in [0.15, 0.2) is 23.1 Å². The Balaban J connectivity index is 2.18. The van der Waals surface area contributed by atoms with Crippen molar-refractivity contribution in [1.29, 1.82) is 0 Å². The minimum absolute atomic E-state index is 0.110. The molecule has 0 saturated carbocycles. The van der Waals surface area contributed by atoms with Crippen molar-refractivity contribution in [1.82, 2.24) is 9.62 Å². The first-order chi connectivity index (χ1) is 13.9. The summed E-state index contributed by atoms with van der Waals surface area (Å²) in [5, 5.41) is 0. The lowest BCUT2D eigenvalue weighted by Gasteiger charge is -2.33. The van der Waals surface area contributed by atoms with Gasteiger partial charge in [-0.25, -0.2) is 17.9 Å². The molecule has 1 fully saturated rings. The number of rotatable bonds is 3. The fourth-order valence-corrected chi connectivity index (χ4v) is 4.25. The van der Waals surface area contributed by atoms with Crippen LogP contribution >= 0.6 is 0 Å². The number of amides is 1. The van der Waals surface area contributed by atoms with Gasteiger partial charge in [-0.1, -0.05) is 0 Å². The van der Waals surface area contributed by atoms with Gasteiger partial charge in [0.2, 0.25) is 10.0 Å². The van der Waals surface area contributed by atoms with Crippen molar-refractivity contribution in [2.45, 2.75) is 62.5 Å². The number of nitrogens with zero attached hydrogens (tertiary/aromatic N) is 1. The third kappa shape index (κ3) is 6.99. The third-order valence-electron chi connectivity index (χ3n) is 4.34. The largest absolute Gasteiger partial charge is 0.444 e. The van der Waals surface area contributed by atoms with Crippen molar-refractivity contribution in [3.8, 4) is 0 Å². The summed E-state index contributed by atoms with van der Waals surface area (Å²) in [7, 11) is -4.68. The SMILES string of the molecule is CC(C)(C)OC(=O)N1CCC(NS(=O)(=O)c2cc(C(F)(F)F)cc(C(F)(F)F)c2)CC1. The molecular formula is C18H22F6N2O4S. The molecule has 1 aromatic carbocycles. The number of hydrogen-bond acceptors (Lipinski definition) is 4. The summed E-state index contributed by atoms with van der Waals surface area (Å²) in [6, 6.07) is -0.591. The number of likely N-dealkylation sites (tertiary alicyclic amines) is 1. The van der Waals surface area contributed by atoms with Crippen LogP contribution in [0.4, 0.5) is 31.1 Å². The summed E-state index contributed by atoms with van der Waals surface area (Å²) >= 11 is 0. The predicted molar refractivity (Wildman–Crippen MR) is 97.6 cm³/mol. The number of ether oxygens (including phenoxy) is 1. The van der Waals surface area contributed by atoms with Crippen molar-refractivity contribution >= 4 is 16.1 Å². The number of halogens is 6. The monoisotopic (exact) mass is 476 g/mol. The van der Waals surface area contributed by atoms with E-state index in [1.807, 2.05) is 0 Å². The summed E-state index contributed by atoms with van der Waals surface area (Å²) in [6.07, 6.45) is -10.7. The molecule has 1 aromatic rings. The van der Waals surface area contributed by atoms with Crippen molar-refractivity contribution in [2.75, 3.05) is 13.1 Å². The first-order valence-electron chi connectivity index (χ1n) is 9.18. The van der Waals surface area contributed by atoms with Crippen molar-refractivity contribution < 1.29 is 44.3 Å². The second-order valence-corrected chi connectivity index (χ2v) is 9.82. The molecule has 0 aliphatic carbocycles. The van der Waals surface area contributed by atoms with Crippen LogP contribution in [-0.4, -0.2) is 44.1 Å². The standard InChI is InChI=1S/C18H22F6N2O4S/c1-16(2,3)30-15(27)26-6-4-13(5-7-26)25-31(28,29)14-9-11(17(19,20)21)8-12(10-14)18(22,23)24/h8-10,13,25H,4-7H2,1-3H3. The van der Waals surface area contributed by atoms with E-state index in [0.29, 0.717) is 0 Å². The number of carbonyl (C=O) groups is 1. The lowest BCUT2D eigenvalue weighted by Crippen LogP contribution is -2.47. The normalized spacial score (nSPS) is 17.0. The third-order valence-corrected chi connectivity index (χ3v) is 5.84. The minimum atomic E-state index is -5.16. The molecule has 1 aliphatic rings. The first-order valence-corrected chi connectivity index (χ1v) is 10.7. The molecule has 0 atom stereocenters. The molecule has 1 amide bonds. The van der Waals surface area contributed by atoms with E-state index in [1.165, 1.54) is 4.90 Å². The molecule has 176 valence electrons. The zero-order chi connectivity index (χ0) is 23.8. The number of sulfonamides is 1. The van der Waals surface area contributed by atoms with Crippen LogP contribution in [0.2, 0.25) is 0 Å². The molecule has 1 aliphatic heterocycles. The maximum absolute atomic E-state index is 13.0. The Bertz CT molecular complexity index is 882. The van der Waals surface area contributed by atoms with Gasteiger partial charge in [0.1, 0.15) is 5.60 Å². The van der Waals surface area contributed by atoms with Crippen LogP contribution in [0.5, 0.6) is 0 Å². The summed E-state index contributed by atoms with van der Waals surface area (Å²) in [6.45, 7) is 5.25. The van der Waals surface area contributed by atoms with Gasteiger partial charge in [0.25, 0.3) is 0 Å². The number of alkyl halides is 6. The van der Waals surface area contributed by atoms with Gasteiger partial charge >= 0.3 is 18.4 Å². The molecule has 31 heavy (non-hydrogen) atoms. The molecular weight excluding hydrogens is 454 g/mol. The van der Waals surface area contributed by atoms with Crippen molar-refractivity contribution in [3.63, 3.8) is 0 Å². The van der Waals surface area contributed by atoms with E-state index in [4.69, 9.17) is 4.74 Å². The van der Waals surface area contributed by atoms with E-state index in [1.54, 1.807) is 20.8 Å². The highest BCUT2D eigenvalue weighted by molar-refractivity contribution is 7.89. The van der Waals surface area contributed by atoms with E-state index in [-0.39, 0.29) is 44.1 Å². The molecule has 0 bridgehead atoms. The molecule has 13 heteroatoms. The van der Waals surface area contributed by atoms with E-state index in [0.717, 1.165) is 0 Å². The number of piperidine rings is 1. The van der Waals surface area contributed by atoms with Gasteiger partial charge in [-0.15, -0.1) is 0 Å². The van der Waals surface area contributed by atoms with Crippen LogP contribution in [0.25, 0.3) is 0 Å². The van der Waals surface area contributed by atoms with Gasteiger partial charge in [-0.2, -0.15) is 26.3 Å². The highest BCUT2D eigenvalue weighted by Gasteiger charge is 2.39. The Labute approximate surface area is 175 Å². The molecule has 0 spiro atoms. The number of hydrogen-bond donors (Lipinski definition) is 1. The van der Waals surface area contributed by atoms with Crippen LogP contribution in [0.1, 0.15) is 44.7 Å². The molecule has 2 rings (SSSR count). The highest BCUT2D eigenvalue weighted by atomic mass is 32.2. The highest BCUT2D eigenvalue weighted by Crippen LogP contribution is 2.37. The molecule has 1 N–H and O–H groups in total. The number of benzene rings is 1. The molecule has 1 saturated heterocycles. The second kappa shape index (κ2) is 8.49. The fraction of sp³-hybridized carbons (Fsp3) is 0.611.